The lowest BCUT2D eigenvalue weighted by Gasteiger charge is -2.40. The van der Waals surface area contributed by atoms with Gasteiger partial charge in [0.2, 0.25) is 0 Å². The van der Waals surface area contributed by atoms with Gasteiger partial charge in [0.25, 0.3) is 5.69 Å². The summed E-state index contributed by atoms with van der Waals surface area (Å²) in [5.74, 6) is 0.570. The quantitative estimate of drug-likeness (QED) is 0.544. The average Bonchev–Trinajstić information content (AvgIpc) is 2.60. The van der Waals surface area contributed by atoms with Gasteiger partial charge < -0.3 is 14.4 Å². The Morgan fingerprint density at radius 3 is 2.68 bits per heavy atom. The second-order valence-electron chi connectivity index (χ2n) is 7.86. The Morgan fingerprint density at radius 1 is 1.39 bits per heavy atom. The molecule has 1 atom stereocenters. The summed E-state index contributed by atoms with van der Waals surface area (Å²) < 4.78 is 11.3. The first-order chi connectivity index (χ1) is 13.1. The summed E-state index contributed by atoms with van der Waals surface area (Å²) in [6.45, 7) is 14.5. The van der Waals surface area contributed by atoms with Crippen molar-refractivity contribution in [3.63, 3.8) is 0 Å². The van der Waals surface area contributed by atoms with E-state index in [1.807, 2.05) is 27.7 Å². The molecular weight excluding hydrogens is 362 g/mol. The number of carbonyl (C=O) groups excluding carboxylic acids is 1. The topological polar surface area (TPSA) is 85.2 Å². The number of hydrogen-bond acceptors (Lipinski definition) is 6. The van der Waals surface area contributed by atoms with Gasteiger partial charge in [-0.2, -0.15) is 0 Å². The highest BCUT2D eigenvalue weighted by atomic mass is 16.6. The fourth-order valence-electron chi connectivity index (χ4n) is 3.05. The third-order valence-corrected chi connectivity index (χ3v) is 4.43. The maximum atomic E-state index is 12.3. The molecule has 1 aromatic rings. The molecule has 0 radical (unpaired) electrons. The van der Waals surface area contributed by atoms with E-state index >= 15 is 0 Å². The molecule has 28 heavy (non-hydrogen) atoms. The molecule has 0 spiro atoms. The van der Waals surface area contributed by atoms with Crippen molar-refractivity contribution in [2.24, 2.45) is 0 Å². The lowest BCUT2D eigenvalue weighted by molar-refractivity contribution is -0.384. The number of hydrogen-bond donors (Lipinski definition) is 0. The molecular formula is C20H29N3O5. The van der Waals surface area contributed by atoms with Crippen LogP contribution in [0.3, 0.4) is 0 Å². The number of benzene rings is 1. The third kappa shape index (κ3) is 5.95. The van der Waals surface area contributed by atoms with Crippen LogP contribution in [-0.2, 0) is 4.74 Å². The van der Waals surface area contributed by atoms with E-state index in [9.17, 15) is 14.9 Å². The monoisotopic (exact) mass is 391 g/mol. The normalized spacial score (nSPS) is 17.9. The van der Waals surface area contributed by atoms with Gasteiger partial charge in [-0.25, -0.2) is 4.79 Å². The van der Waals surface area contributed by atoms with E-state index in [0.29, 0.717) is 31.0 Å². The molecule has 8 heteroatoms. The number of non-ortho nitro benzene ring substituents is 1. The highest BCUT2D eigenvalue weighted by molar-refractivity contribution is 5.68. The Bertz CT molecular complexity index is 729. The molecule has 1 heterocycles. The Hall–Kier alpha value is -2.61. The summed E-state index contributed by atoms with van der Waals surface area (Å²) >= 11 is 0. The molecule has 1 aliphatic rings. The first-order valence-electron chi connectivity index (χ1n) is 9.36. The molecule has 1 saturated heterocycles. The van der Waals surface area contributed by atoms with Crippen molar-refractivity contribution >= 4 is 17.9 Å². The molecule has 2 rings (SSSR count). The minimum absolute atomic E-state index is 0.00865. The van der Waals surface area contributed by atoms with Gasteiger partial charge in [0.1, 0.15) is 18.0 Å². The van der Waals surface area contributed by atoms with Crippen LogP contribution in [0.25, 0.3) is 6.08 Å². The van der Waals surface area contributed by atoms with Crippen molar-refractivity contribution < 1.29 is 19.2 Å². The van der Waals surface area contributed by atoms with Gasteiger partial charge in [-0.15, -0.1) is 0 Å². The van der Waals surface area contributed by atoms with Crippen molar-refractivity contribution in [1.29, 1.82) is 0 Å². The Labute approximate surface area is 165 Å². The third-order valence-electron chi connectivity index (χ3n) is 4.43. The Morgan fingerprint density at radius 2 is 2.11 bits per heavy atom. The molecule has 8 nitrogen and oxygen atoms in total. The second kappa shape index (κ2) is 9.05. The predicted octanol–water partition coefficient (Wildman–Crippen LogP) is 3.56. The largest absolute Gasteiger partial charge is 0.492 e. The molecule has 0 aliphatic carbocycles. The molecule has 0 saturated carbocycles. The summed E-state index contributed by atoms with van der Waals surface area (Å²) in [6, 6.07) is 4.51. The lowest BCUT2D eigenvalue weighted by Crippen LogP contribution is -2.55. The number of piperazine rings is 1. The van der Waals surface area contributed by atoms with Crippen LogP contribution in [0.5, 0.6) is 5.75 Å². The molecule has 1 aromatic carbocycles. The molecule has 1 aliphatic heterocycles. The van der Waals surface area contributed by atoms with E-state index < -0.39 is 10.5 Å². The van der Waals surface area contributed by atoms with Crippen LogP contribution in [0.2, 0.25) is 0 Å². The number of nitro benzene ring substituents is 1. The fraction of sp³-hybridized carbons (Fsp3) is 0.550. The van der Waals surface area contributed by atoms with Crippen molar-refractivity contribution in [1.82, 2.24) is 9.80 Å². The number of nitro groups is 1. The van der Waals surface area contributed by atoms with E-state index in [4.69, 9.17) is 9.47 Å². The zero-order chi connectivity index (χ0) is 20.9. The summed E-state index contributed by atoms with van der Waals surface area (Å²) in [6.07, 6.45) is 1.27. The maximum Gasteiger partial charge on any atom is 0.410 e. The minimum atomic E-state index is -0.505. The van der Waals surface area contributed by atoms with Crippen molar-refractivity contribution in [3.8, 4) is 5.75 Å². The average molecular weight is 391 g/mol. The van der Waals surface area contributed by atoms with Gasteiger partial charge in [-0.05, 0) is 33.8 Å². The van der Waals surface area contributed by atoms with E-state index in [0.717, 1.165) is 13.1 Å². The summed E-state index contributed by atoms with van der Waals surface area (Å²) in [4.78, 5) is 26.7. The predicted molar refractivity (Wildman–Crippen MR) is 108 cm³/mol. The molecule has 0 N–H and O–H groups in total. The summed E-state index contributed by atoms with van der Waals surface area (Å²) in [5, 5.41) is 10.9. The van der Waals surface area contributed by atoms with Gasteiger partial charge >= 0.3 is 6.09 Å². The Kier molecular flexibility index (Phi) is 7.01. The van der Waals surface area contributed by atoms with E-state index in [2.05, 4.69) is 11.5 Å². The SMILES string of the molecule is C=Cc1cc([N+](=O)[O-])ccc1OCCN1CCN(C(=O)OC(C)(C)C)[C@H](C)C1. The van der Waals surface area contributed by atoms with Crippen LogP contribution in [0.4, 0.5) is 10.5 Å². The molecule has 0 aromatic heterocycles. The smallest absolute Gasteiger partial charge is 0.410 e. The van der Waals surface area contributed by atoms with Crippen molar-refractivity contribution in [2.75, 3.05) is 32.8 Å². The molecule has 1 fully saturated rings. The van der Waals surface area contributed by atoms with Crippen LogP contribution in [0.15, 0.2) is 24.8 Å². The molecule has 0 unspecified atom stereocenters. The lowest BCUT2D eigenvalue weighted by atomic mass is 10.2. The van der Waals surface area contributed by atoms with Gasteiger partial charge in [-0.1, -0.05) is 12.7 Å². The first-order valence-corrected chi connectivity index (χ1v) is 9.36. The van der Waals surface area contributed by atoms with Crippen molar-refractivity contribution in [2.45, 2.75) is 39.3 Å². The van der Waals surface area contributed by atoms with Crippen LogP contribution in [0.1, 0.15) is 33.3 Å². The van der Waals surface area contributed by atoms with Crippen LogP contribution < -0.4 is 4.74 Å². The van der Waals surface area contributed by atoms with Crippen molar-refractivity contribution in [3.05, 3.63) is 40.5 Å². The fourth-order valence-corrected chi connectivity index (χ4v) is 3.05. The Balaban J connectivity index is 1.85. The zero-order valence-corrected chi connectivity index (χ0v) is 17.0. The highest BCUT2D eigenvalue weighted by Gasteiger charge is 2.30. The number of amides is 1. The van der Waals surface area contributed by atoms with Gasteiger partial charge in [0.15, 0.2) is 0 Å². The zero-order valence-electron chi connectivity index (χ0n) is 17.0. The van der Waals surface area contributed by atoms with Gasteiger partial charge in [-0.3, -0.25) is 15.0 Å². The first kappa shape index (κ1) is 21.7. The van der Waals surface area contributed by atoms with Crippen LogP contribution >= 0.6 is 0 Å². The second-order valence-corrected chi connectivity index (χ2v) is 7.86. The minimum Gasteiger partial charge on any atom is -0.492 e. The number of ether oxygens (including phenoxy) is 2. The molecule has 0 bridgehead atoms. The molecule has 1 amide bonds. The van der Waals surface area contributed by atoms with E-state index in [-0.39, 0.29) is 17.8 Å². The number of rotatable bonds is 6. The number of nitrogens with zero attached hydrogens (tertiary/aromatic N) is 3. The summed E-state index contributed by atoms with van der Waals surface area (Å²) in [5.41, 5.74) is 0.0988. The molecule has 154 valence electrons. The maximum absolute atomic E-state index is 12.3. The number of carbonyl (C=O) groups is 1. The van der Waals surface area contributed by atoms with Gasteiger partial charge in [0, 0.05) is 49.9 Å². The highest BCUT2D eigenvalue weighted by Crippen LogP contribution is 2.25. The van der Waals surface area contributed by atoms with Crippen LogP contribution in [-0.4, -0.2) is 65.2 Å². The van der Waals surface area contributed by atoms with E-state index in [1.54, 1.807) is 17.0 Å². The van der Waals surface area contributed by atoms with Crippen LogP contribution in [0, 0.1) is 10.1 Å². The van der Waals surface area contributed by atoms with Gasteiger partial charge in [0.05, 0.1) is 4.92 Å². The standard InChI is InChI=1S/C20H29N3O5/c1-6-16-13-17(23(25)26)7-8-18(16)27-12-11-21-9-10-22(15(2)14-21)19(24)28-20(3,4)5/h6-8,13,15H,1,9-12,14H2,2-5H3/t15-/m1/s1. The van der Waals surface area contributed by atoms with E-state index in [1.165, 1.54) is 12.1 Å². The summed E-state index contributed by atoms with van der Waals surface area (Å²) in [7, 11) is 0.